The molecule has 0 aliphatic carbocycles. The zero-order valence-electron chi connectivity index (χ0n) is 7.56. The lowest BCUT2D eigenvalue weighted by molar-refractivity contribution is -0.384. The summed E-state index contributed by atoms with van der Waals surface area (Å²) in [5.41, 5.74) is 6.33. The van der Waals surface area contributed by atoms with Crippen molar-refractivity contribution >= 4 is 22.3 Å². The van der Waals surface area contributed by atoms with Crippen molar-refractivity contribution in [1.29, 1.82) is 0 Å². The van der Waals surface area contributed by atoms with E-state index in [-0.39, 0.29) is 17.1 Å². The standard InChI is InChI=1S/C10H6N2O3/c1-2-8-10(11)7-5-6(12(13)14)3-4-9(7)15-8/h1,3-5H,11H2. The van der Waals surface area contributed by atoms with Gasteiger partial charge in [0.05, 0.1) is 16.0 Å². The molecular weight excluding hydrogens is 196 g/mol. The van der Waals surface area contributed by atoms with E-state index in [1.165, 1.54) is 18.2 Å². The second kappa shape index (κ2) is 3.03. The minimum absolute atomic E-state index is 0.0430. The van der Waals surface area contributed by atoms with E-state index in [2.05, 4.69) is 5.92 Å². The Kier molecular flexibility index (Phi) is 1.83. The molecule has 0 radical (unpaired) electrons. The molecule has 2 N–H and O–H groups in total. The topological polar surface area (TPSA) is 82.3 Å². The van der Waals surface area contributed by atoms with Crippen LogP contribution in [0.2, 0.25) is 0 Å². The molecule has 0 saturated carbocycles. The Morgan fingerprint density at radius 3 is 2.87 bits per heavy atom. The van der Waals surface area contributed by atoms with Gasteiger partial charge in [-0.05, 0) is 12.0 Å². The summed E-state index contributed by atoms with van der Waals surface area (Å²) in [6.07, 6.45) is 5.15. The first-order chi connectivity index (χ1) is 7.13. The fourth-order valence-corrected chi connectivity index (χ4v) is 1.33. The summed E-state index contributed by atoms with van der Waals surface area (Å²) in [4.78, 5) is 10.0. The molecule has 1 aromatic carbocycles. The Bertz CT molecular complexity index is 592. The number of nitro groups is 1. The number of anilines is 1. The van der Waals surface area contributed by atoms with E-state index in [1.54, 1.807) is 0 Å². The molecule has 5 nitrogen and oxygen atoms in total. The van der Waals surface area contributed by atoms with Crippen LogP contribution in [0.25, 0.3) is 11.0 Å². The van der Waals surface area contributed by atoms with E-state index in [1.807, 2.05) is 0 Å². The van der Waals surface area contributed by atoms with E-state index in [0.717, 1.165) is 0 Å². The van der Waals surface area contributed by atoms with Crippen molar-refractivity contribution in [1.82, 2.24) is 0 Å². The predicted octanol–water partition coefficient (Wildman–Crippen LogP) is 1.90. The lowest BCUT2D eigenvalue weighted by Crippen LogP contribution is -1.88. The van der Waals surface area contributed by atoms with Gasteiger partial charge in [-0.15, -0.1) is 6.42 Å². The van der Waals surface area contributed by atoms with Crippen LogP contribution in [0.5, 0.6) is 0 Å². The Balaban J connectivity index is 2.77. The summed E-state index contributed by atoms with van der Waals surface area (Å²) in [7, 11) is 0. The summed E-state index contributed by atoms with van der Waals surface area (Å²) < 4.78 is 5.20. The molecule has 1 heterocycles. The molecule has 15 heavy (non-hydrogen) atoms. The number of non-ortho nitro benzene ring substituents is 1. The third kappa shape index (κ3) is 1.28. The SMILES string of the molecule is C#Cc1oc2ccc([N+](=O)[O-])cc2c1N. The molecular formula is C10H6N2O3. The van der Waals surface area contributed by atoms with Crippen LogP contribution >= 0.6 is 0 Å². The van der Waals surface area contributed by atoms with Gasteiger partial charge in [-0.3, -0.25) is 10.1 Å². The average Bonchev–Trinajstić information content (AvgIpc) is 2.55. The van der Waals surface area contributed by atoms with Gasteiger partial charge in [0.15, 0.2) is 0 Å². The first-order valence-corrected chi connectivity index (χ1v) is 4.06. The summed E-state index contributed by atoms with van der Waals surface area (Å²) in [6, 6.07) is 4.16. The maximum Gasteiger partial charge on any atom is 0.270 e. The maximum atomic E-state index is 10.5. The van der Waals surface area contributed by atoms with E-state index < -0.39 is 4.92 Å². The maximum absolute atomic E-state index is 10.5. The van der Waals surface area contributed by atoms with Crippen molar-refractivity contribution in [3.8, 4) is 12.3 Å². The normalized spacial score (nSPS) is 10.1. The van der Waals surface area contributed by atoms with E-state index in [4.69, 9.17) is 16.6 Å². The molecule has 2 rings (SSSR count). The number of hydrogen-bond acceptors (Lipinski definition) is 4. The Labute approximate surface area is 84.6 Å². The zero-order valence-corrected chi connectivity index (χ0v) is 7.56. The van der Waals surface area contributed by atoms with Gasteiger partial charge < -0.3 is 10.2 Å². The largest absolute Gasteiger partial charge is 0.445 e. The monoisotopic (exact) mass is 202 g/mol. The van der Waals surface area contributed by atoms with Crippen LogP contribution in [0, 0.1) is 22.5 Å². The van der Waals surface area contributed by atoms with Gasteiger partial charge in [-0.1, -0.05) is 0 Å². The highest BCUT2D eigenvalue weighted by atomic mass is 16.6. The third-order valence-corrected chi connectivity index (χ3v) is 2.05. The quantitative estimate of drug-likeness (QED) is 0.435. The Morgan fingerprint density at radius 1 is 1.53 bits per heavy atom. The Morgan fingerprint density at radius 2 is 2.27 bits per heavy atom. The van der Waals surface area contributed by atoms with E-state index in [9.17, 15) is 10.1 Å². The number of nitrogen functional groups attached to an aromatic ring is 1. The minimum atomic E-state index is -0.499. The lowest BCUT2D eigenvalue weighted by atomic mass is 10.2. The molecule has 5 heteroatoms. The molecule has 0 aliphatic heterocycles. The minimum Gasteiger partial charge on any atom is -0.445 e. The van der Waals surface area contributed by atoms with Crippen molar-refractivity contribution < 1.29 is 9.34 Å². The first-order valence-electron chi connectivity index (χ1n) is 4.06. The second-order valence-electron chi connectivity index (χ2n) is 2.93. The fourth-order valence-electron chi connectivity index (χ4n) is 1.33. The molecule has 0 spiro atoms. The lowest BCUT2D eigenvalue weighted by Gasteiger charge is -1.91. The molecule has 0 fully saturated rings. The Hall–Kier alpha value is -2.48. The van der Waals surface area contributed by atoms with E-state index >= 15 is 0 Å². The number of terminal acetylenes is 1. The van der Waals surface area contributed by atoms with Gasteiger partial charge in [-0.25, -0.2) is 0 Å². The molecule has 0 aliphatic rings. The highest BCUT2D eigenvalue weighted by Gasteiger charge is 2.13. The summed E-state index contributed by atoms with van der Waals surface area (Å²) >= 11 is 0. The predicted molar refractivity (Wildman–Crippen MR) is 55.2 cm³/mol. The molecule has 0 bridgehead atoms. The van der Waals surface area contributed by atoms with Crippen molar-refractivity contribution in [2.45, 2.75) is 0 Å². The molecule has 0 unspecified atom stereocenters. The molecule has 0 atom stereocenters. The smallest absolute Gasteiger partial charge is 0.270 e. The number of nitrogens with zero attached hydrogens (tertiary/aromatic N) is 1. The molecule has 0 saturated heterocycles. The highest BCUT2D eigenvalue weighted by Crippen LogP contribution is 2.30. The van der Waals surface area contributed by atoms with Crippen LogP contribution in [0.3, 0.4) is 0 Å². The van der Waals surface area contributed by atoms with Crippen LogP contribution in [-0.4, -0.2) is 4.92 Å². The second-order valence-corrected chi connectivity index (χ2v) is 2.93. The average molecular weight is 202 g/mol. The van der Waals surface area contributed by atoms with Gasteiger partial charge >= 0.3 is 0 Å². The van der Waals surface area contributed by atoms with E-state index in [0.29, 0.717) is 11.0 Å². The molecule has 2 aromatic rings. The summed E-state index contributed by atoms with van der Waals surface area (Å²) in [5.74, 6) is 2.47. The van der Waals surface area contributed by atoms with Crippen molar-refractivity contribution in [3.63, 3.8) is 0 Å². The zero-order chi connectivity index (χ0) is 11.0. The molecule has 0 amide bonds. The van der Waals surface area contributed by atoms with Crippen molar-refractivity contribution in [2.24, 2.45) is 0 Å². The fraction of sp³-hybridized carbons (Fsp3) is 0. The van der Waals surface area contributed by atoms with Crippen LogP contribution in [0.4, 0.5) is 11.4 Å². The molecule has 74 valence electrons. The number of furan rings is 1. The van der Waals surface area contributed by atoms with Crippen LogP contribution in [0.15, 0.2) is 22.6 Å². The highest BCUT2D eigenvalue weighted by molar-refractivity contribution is 5.93. The van der Waals surface area contributed by atoms with Gasteiger partial charge in [0.25, 0.3) is 5.69 Å². The van der Waals surface area contributed by atoms with Crippen LogP contribution in [0.1, 0.15) is 5.76 Å². The first kappa shape index (κ1) is 9.09. The number of benzene rings is 1. The number of hydrogen-bond donors (Lipinski definition) is 1. The van der Waals surface area contributed by atoms with Crippen molar-refractivity contribution in [2.75, 3.05) is 5.73 Å². The van der Waals surface area contributed by atoms with Crippen molar-refractivity contribution in [3.05, 3.63) is 34.1 Å². The number of nitro benzene ring substituents is 1. The van der Waals surface area contributed by atoms with Gasteiger partial charge in [0, 0.05) is 12.1 Å². The number of nitrogens with two attached hydrogens (primary N) is 1. The number of fused-ring (bicyclic) bond motifs is 1. The molecule has 1 aromatic heterocycles. The summed E-state index contributed by atoms with van der Waals surface area (Å²) in [5, 5.41) is 11.0. The third-order valence-electron chi connectivity index (χ3n) is 2.05. The van der Waals surface area contributed by atoms with Gasteiger partial charge in [0.2, 0.25) is 5.76 Å². The van der Waals surface area contributed by atoms with Crippen LogP contribution < -0.4 is 5.73 Å². The summed E-state index contributed by atoms with van der Waals surface area (Å²) in [6.45, 7) is 0. The number of rotatable bonds is 1. The van der Waals surface area contributed by atoms with Gasteiger partial charge in [0.1, 0.15) is 5.58 Å². The van der Waals surface area contributed by atoms with Gasteiger partial charge in [-0.2, -0.15) is 0 Å². The van der Waals surface area contributed by atoms with Crippen LogP contribution in [-0.2, 0) is 0 Å².